The molecule has 2 rings (SSSR count). The lowest BCUT2D eigenvalue weighted by Crippen LogP contribution is -2.48. The van der Waals surface area contributed by atoms with Crippen LogP contribution >= 0.6 is 0 Å². The molecule has 0 fully saturated rings. The molecule has 2 aromatic rings. The van der Waals surface area contributed by atoms with Crippen LogP contribution in [0.25, 0.3) is 0 Å². The first-order valence-corrected chi connectivity index (χ1v) is 12.3. The molecule has 0 heterocycles. The molecule has 3 amide bonds. The number of hydrogen-bond acceptors (Lipinski definition) is 4. The summed E-state index contributed by atoms with van der Waals surface area (Å²) in [5.41, 5.74) is 1.58. The molecule has 0 aliphatic heterocycles. The van der Waals surface area contributed by atoms with Gasteiger partial charge in [-0.05, 0) is 50.5 Å². The maximum absolute atomic E-state index is 13.5. The quantitative estimate of drug-likeness (QED) is 0.356. The molecule has 7 nitrogen and oxygen atoms in total. The number of hydrogen-bond donors (Lipinski definition) is 2. The number of nitrogens with one attached hydrogen (secondary N) is 2. The Bertz CT molecular complexity index is 1040. The number of rotatable bonds is 11. The third-order valence-corrected chi connectivity index (χ3v) is 5.37. The second-order valence-corrected chi connectivity index (χ2v) is 9.52. The molecule has 0 saturated carbocycles. The van der Waals surface area contributed by atoms with Crippen LogP contribution < -0.4 is 10.6 Å². The lowest BCUT2D eigenvalue weighted by atomic mass is 10.0. The highest BCUT2D eigenvalue weighted by Crippen LogP contribution is 2.23. The molecule has 0 aromatic heterocycles. The lowest BCUT2D eigenvalue weighted by Gasteiger charge is -2.32. The first-order chi connectivity index (χ1) is 17.1. The molecule has 1 atom stereocenters. The summed E-state index contributed by atoms with van der Waals surface area (Å²) in [5, 5.41) is 5.48. The highest BCUT2D eigenvalue weighted by molar-refractivity contribution is 5.90. The first kappa shape index (κ1) is 28.4. The zero-order chi connectivity index (χ0) is 26.6. The summed E-state index contributed by atoms with van der Waals surface area (Å²) in [7, 11) is 0. The summed E-state index contributed by atoms with van der Waals surface area (Å²) in [4.78, 5) is 40.6. The van der Waals surface area contributed by atoms with Gasteiger partial charge in [0.05, 0.1) is 0 Å². The van der Waals surface area contributed by atoms with Gasteiger partial charge < -0.3 is 20.3 Å². The van der Waals surface area contributed by atoms with Crippen molar-refractivity contribution < 1.29 is 19.1 Å². The van der Waals surface area contributed by atoms with Gasteiger partial charge in [-0.3, -0.25) is 9.59 Å². The van der Waals surface area contributed by atoms with Crippen molar-refractivity contribution in [3.8, 4) is 12.3 Å². The van der Waals surface area contributed by atoms with Crippen molar-refractivity contribution in [3.05, 3.63) is 71.3 Å². The predicted molar refractivity (Wildman–Crippen MR) is 141 cm³/mol. The van der Waals surface area contributed by atoms with E-state index in [9.17, 15) is 14.4 Å². The fraction of sp³-hybridized carbons (Fsp3) is 0.414. The summed E-state index contributed by atoms with van der Waals surface area (Å²) in [6.07, 6.45) is 7.40. The average Bonchev–Trinajstić information content (AvgIpc) is 2.85. The van der Waals surface area contributed by atoms with E-state index in [1.54, 1.807) is 45.0 Å². The fourth-order valence-electron chi connectivity index (χ4n) is 3.61. The largest absolute Gasteiger partial charge is 0.444 e. The number of benzene rings is 2. The Morgan fingerprint density at radius 3 is 2.25 bits per heavy atom. The van der Waals surface area contributed by atoms with Crippen LogP contribution in [0.5, 0.6) is 0 Å². The van der Waals surface area contributed by atoms with Crippen molar-refractivity contribution >= 4 is 17.9 Å². The molecule has 2 aromatic carbocycles. The Labute approximate surface area is 214 Å². The van der Waals surface area contributed by atoms with Crippen molar-refractivity contribution in [2.75, 3.05) is 13.1 Å². The number of carbonyl (C=O) groups excluding carboxylic acids is 3. The maximum Gasteiger partial charge on any atom is 0.408 e. The molecule has 0 bridgehead atoms. The molecule has 0 saturated heterocycles. The van der Waals surface area contributed by atoms with E-state index < -0.39 is 17.7 Å². The van der Waals surface area contributed by atoms with E-state index in [0.29, 0.717) is 24.2 Å². The Hall–Kier alpha value is -3.79. The number of terminal acetylenes is 1. The summed E-state index contributed by atoms with van der Waals surface area (Å²) in [6, 6.07) is 15.7. The fourth-order valence-corrected chi connectivity index (χ4v) is 3.61. The summed E-state index contributed by atoms with van der Waals surface area (Å²) in [6.45, 7) is 7.72. The van der Waals surface area contributed by atoms with Crippen LogP contribution in [0.4, 0.5) is 4.79 Å². The normalized spacial score (nSPS) is 11.6. The number of unbranched alkanes of at least 4 members (excludes halogenated alkanes) is 2. The molecule has 192 valence electrons. The predicted octanol–water partition coefficient (Wildman–Crippen LogP) is 4.57. The van der Waals surface area contributed by atoms with Gasteiger partial charge in [0.15, 0.2) is 0 Å². The van der Waals surface area contributed by atoms with Crippen molar-refractivity contribution in [2.45, 2.75) is 65.1 Å². The molecule has 0 radical (unpaired) electrons. The molecule has 0 aliphatic rings. The first-order valence-electron chi connectivity index (χ1n) is 12.3. The molecule has 0 spiro atoms. The Morgan fingerprint density at radius 1 is 1.00 bits per heavy atom. The third-order valence-electron chi connectivity index (χ3n) is 5.37. The van der Waals surface area contributed by atoms with E-state index in [1.807, 2.05) is 30.3 Å². The number of amides is 3. The Balaban J connectivity index is 2.30. The molecule has 7 heteroatoms. The van der Waals surface area contributed by atoms with Crippen molar-refractivity contribution in [2.24, 2.45) is 0 Å². The molecule has 1 unspecified atom stereocenters. The van der Waals surface area contributed by atoms with Crippen LogP contribution in [-0.4, -0.2) is 41.5 Å². The highest BCUT2D eigenvalue weighted by Gasteiger charge is 2.31. The monoisotopic (exact) mass is 491 g/mol. The van der Waals surface area contributed by atoms with Crippen molar-refractivity contribution in [3.63, 3.8) is 0 Å². The van der Waals surface area contributed by atoms with Crippen LogP contribution in [-0.2, 0) is 20.9 Å². The molecule has 36 heavy (non-hydrogen) atoms. The van der Waals surface area contributed by atoms with E-state index in [4.69, 9.17) is 11.2 Å². The van der Waals surface area contributed by atoms with Gasteiger partial charge in [0, 0.05) is 18.7 Å². The van der Waals surface area contributed by atoms with E-state index in [0.717, 1.165) is 24.8 Å². The van der Waals surface area contributed by atoms with E-state index in [1.165, 1.54) is 4.90 Å². The van der Waals surface area contributed by atoms with Crippen molar-refractivity contribution in [1.29, 1.82) is 0 Å². The number of alkyl carbamates (subject to hydrolysis) is 1. The molecule has 2 N–H and O–H groups in total. The third kappa shape index (κ3) is 9.46. The van der Waals surface area contributed by atoms with Crippen molar-refractivity contribution in [1.82, 2.24) is 15.5 Å². The molecule has 0 aliphatic carbocycles. The van der Waals surface area contributed by atoms with Gasteiger partial charge in [-0.15, -0.1) is 6.42 Å². The van der Waals surface area contributed by atoms with Crippen LogP contribution in [0, 0.1) is 12.3 Å². The Morgan fingerprint density at radius 2 is 1.67 bits per heavy atom. The smallest absolute Gasteiger partial charge is 0.408 e. The summed E-state index contributed by atoms with van der Waals surface area (Å²) < 4.78 is 5.25. The van der Waals surface area contributed by atoms with Gasteiger partial charge in [0.1, 0.15) is 18.2 Å². The minimum Gasteiger partial charge on any atom is -0.444 e. The Kier molecular flexibility index (Phi) is 11.0. The van der Waals surface area contributed by atoms with E-state index in [-0.39, 0.29) is 18.4 Å². The van der Waals surface area contributed by atoms with Crippen LogP contribution in [0.2, 0.25) is 0 Å². The average molecular weight is 492 g/mol. The van der Waals surface area contributed by atoms with Gasteiger partial charge in [0.2, 0.25) is 11.8 Å². The van der Waals surface area contributed by atoms with E-state index in [2.05, 4.69) is 23.5 Å². The zero-order valence-electron chi connectivity index (χ0n) is 21.7. The molecular weight excluding hydrogens is 454 g/mol. The second-order valence-electron chi connectivity index (χ2n) is 9.52. The number of carbonyl (C=O) groups is 3. The highest BCUT2D eigenvalue weighted by atomic mass is 16.6. The second kappa shape index (κ2) is 13.9. The minimum atomic E-state index is -0.884. The standard InChI is InChI=1S/C29H37N3O4/c1-6-8-12-19-32(25(33)21-31-28(35)36-29(3,4)5)26(24-17-15-22(7-2)16-18-24)27(34)30-20-23-13-10-9-11-14-23/h2,9-11,13-18,26H,6,8,12,19-21H2,1,3-5H3,(H,30,34)(H,31,35). The van der Waals surface area contributed by atoms with Crippen LogP contribution in [0.1, 0.15) is 69.7 Å². The van der Waals surface area contributed by atoms with Gasteiger partial charge in [-0.25, -0.2) is 4.79 Å². The van der Waals surface area contributed by atoms with Crippen LogP contribution in [0.3, 0.4) is 0 Å². The molecular formula is C29H37N3O4. The minimum absolute atomic E-state index is 0.286. The SMILES string of the molecule is C#Cc1ccc(C(C(=O)NCc2ccccc2)N(CCCCC)C(=O)CNC(=O)OC(C)(C)C)cc1. The van der Waals surface area contributed by atoms with Gasteiger partial charge in [-0.1, -0.05) is 68.2 Å². The lowest BCUT2D eigenvalue weighted by molar-refractivity contribution is -0.140. The van der Waals surface area contributed by atoms with Gasteiger partial charge in [-0.2, -0.15) is 0 Å². The van der Waals surface area contributed by atoms with E-state index >= 15 is 0 Å². The number of nitrogens with zero attached hydrogens (tertiary/aromatic N) is 1. The topological polar surface area (TPSA) is 87.7 Å². The summed E-state index contributed by atoms with van der Waals surface area (Å²) in [5.74, 6) is 1.88. The number of ether oxygens (including phenoxy) is 1. The maximum atomic E-state index is 13.5. The van der Waals surface area contributed by atoms with Crippen LogP contribution in [0.15, 0.2) is 54.6 Å². The van der Waals surface area contributed by atoms with Gasteiger partial charge in [0.25, 0.3) is 0 Å². The zero-order valence-corrected chi connectivity index (χ0v) is 21.7. The van der Waals surface area contributed by atoms with Gasteiger partial charge >= 0.3 is 6.09 Å². The summed E-state index contributed by atoms with van der Waals surface area (Å²) >= 11 is 0.